The van der Waals surface area contributed by atoms with Gasteiger partial charge in [-0.2, -0.15) is 0 Å². The lowest BCUT2D eigenvalue weighted by Crippen LogP contribution is -2.44. The van der Waals surface area contributed by atoms with Gasteiger partial charge in [0.25, 0.3) is 0 Å². The highest BCUT2D eigenvalue weighted by Gasteiger charge is 2.28. The number of phenolic OH excluding ortho intramolecular Hbond substituents is 1. The van der Waals surface area contributed by atoms with Crippen molar-refractivity contribution in [2.24, 2.45) is 5.73 Å². The molecule has 3 aromatic rings. The molecule has 33 heavy (non-hydrogen) atoms. The van der Waals surface area contributed by atoms with Gasteiger partial charge >= 0.3 is 0 Å². The molecular formula is C29H34N2O2. The summed E-state index contributed by atoms with van der Waals surface area (Å²) in [7, 11) is 0. The highest BCUT2D eigenvalue weighted by Crippen LogP contribution is 2.38. The monoisotopic (exact) mass is 442 g/mol. The lowest BCUT2D eigenvalue weighted by atomic mass is 9.79. The molecule has 172 valence electrons. The van der Waals surface area contributed by atoms with Crippen molar-refractivity contribution in [2.75, 3.05) is 0 Å². The first-order chi connectivity index (χ1) is 15.8. The third kappa shape index (κ3) is 5.28. The van der Waals surface area contributed by atoms with Gasteiger partial charge in [-0.3, -0.25) is 4.79 Å². The Labute approximate surface area is 196 Å². The van der Waals surface area contributed by atoms with E-state index in [1.54, 1.807) is 12.1 Å². The van der Waals surface area contributed by atoms with Crippen molar-refractivity contribution in [3.8, 4) is 5.75 Å². The van der Waals surface area contributed by atoms with E-state index in [9.17, 15) is 9.90 Å². The van der Waals surface area contributed by atoms with Gasteiger partial charge in [0.15, 0.2) is 0 Å². The topological polar surface area (TPSA) is 75.3 Å². The molecule has 3 unspecified atom stereocenters. The minimum absolute atomic E-state index is 0.0208. The van der Waals surface area contributed by atoms with Crippen LogP contribution >= 0.6 is 0 Å². The summed E-state index contributed by atoms with van der Waals surface area (Å²) in [6, 6.07) is 20.0. The minimum atomic E-state index is -0.637. The van der Waals surface area contributed by atoms with E-state index in [0.717, 1.165) is 36.0 Å². The van der Waals surface area contributed by atoms with Crippen molar-refractivity contribution >= 4 is 5.91 Å². The normalized spacial score (nSPS) is 18.4. The molecule has 4 N–H and O–H groups in total. The Balaban J connectivity index is 1.51. The van der Waals surface area contributed by atoms with Gasteiger partial charge in [0.05, 0.1) is 12.1 Å². The van der Waals surface area contributed by atoms with Crippen LogP contribution < -0.4 is 11.1 Å². The van der Waals surface area contributed by atoms with E-state index in [4.69, 9.17) is 5.73 Å². The van der Waals surface area contributed by atoms with Crippen LogP contribution in [0.25, 0.3) is 0 Å². The van der Waals surface area contributed by atoms with Crippen LogP contribution in [0, 0.1) is 13.8 Å². The number of benzene rings is 3. The molecule has 4 nitrogen and oxygen atoms in total. The summed E-state index contributed by atoms with van der Waals surface area (Å²) in [5.41, 5.74) is 14.4. The van der Waals surface area contributed by atoms with Gasteiger partial charge in [0.1, 0.15) is 5.75 Å². The zero-order chi connectivity index (χ0) is 23.5. The number of aryl methyl sites for hydroxylation is 2. The molecule has 3 aromatic carbocycles. The third-order valence-corrected chi connectivity index (χ3v) is 6.96. The molecule has 1 aliphatic rings. The summed E-state index contributed by atoms with van der Waals surface area (Å²) in [5.74, 6) is 0.599. The summed E-state index contributed by atoms with van der Waals surface area (Å²) in [6.07, 6.45) is 3.29. The Morgan fingerprint density at radius 2 is 1.70 bits per heavy atom. The zero-order valence-electron chi connectivity index (χ0n) is 19.8. The third-order valence-electron chi connectivity index (χ3n) is 6.96. The van der Waals surface area contributed by atoms with Gasteiger partial charge in [0, 0.05) is 0 Å². The minimum Gasteiger partial charge on any atom is -0.508 e. The number of hydrogen-bond acceptors (Lipinski definition) is 3. The maximum Gasteiger partial charge on any atom is 0.237 e. The van der Waals surface area contributed by atoms with Crippen LogP contribution in [0.15, 0.2) is 60.7 Å². The fourth-order valence-electron chi connectivity index (χ4n) is 5.08. The second-order valence-electron chi connectivity index (χ2n) is 9.53. The zero-order valence-corrected chi connectivity index (χ0v) is 19.8. The first-order valence-electron chi connectivity index (χ1n) is 11.8. The molecule has 0 saturated heterocycles. The highest BCUT2D eigenvalue weighted by atomic mass is 16.3. The standard InChI is InChI=1S/C29H34N2O2/c1-18-9-12-28(26-16-22(10-11-24(18)26)15-21-7-5-4-6-8-21)31-29(33)27(30)17-25-19(2)13-23(32)14-20(25)3/h4-8,10-11,13-14,16,18,27-28,32H,9,12,15,17,30H2,1-3H3,(H,31,33). The van der Waals surface area contributed by atoms with Gasteiger partial charge in [-0.1, -0.05) is 55.5 Å². The Morgan fingerprint density at radius 3 is 2.39 bits per heavy atom. The molecule has 0 spiro atoms. The number of hydrogen-bond donors (Lipinski definition) is 3. The molecule has 0 bridgehead atoms. The number of amides is 1. The van der Waals surface area contributed by atoms with Gasteiger partial charge in [-0.05, 0) is 96.5 Å². The second-order valence-corrected chi connectivity index (χ2v) is 9.53. The molecule has 0 radical (unpaired) electrons. The molecular weight excluding hydrogens is 408 g/mol. The Kier molecular flexibility index (Phi) is 6.85. The van der Waals surface area contributed by atoms with E-state index >= 15 is 0 Å². The molecule has 0 aromatic heterocycles. The van der Waals surface area contributed by atoms with Gasteiger partial charge < -0.3 is 16.2 Å². The van der Waals surface area contributed by atoms with Crippen molar-refractivity contribution < 1.29 is 9.90 Å². The van der Waals surface area contributed by atoms with E-state index < -0.39 is 6.04 Å². The Morgan fingerprint density at radius 1 is 1.00 bits per heavy atom. The van der Waals surface area contributed by atoms with E-state index in [2.05, 4.69) is 54.7 Å². The smallest absolute Gasteiger partial charge is 0.237 e. The van der Waals surface area contributed by atoms with E-state index in [1.165, 1.54) is 22.3 Å². The SMILES string of the molecule is Cc1cc(O)cc(C)c1CC(N)C(=O)NC1CCC(C)c2ccc(Cc3ccccc3)cc21. The summed E-state index contributed by atoms with van der Waals surface area (Å²) in [6.45, 7) is 6.15. The lowest BCUT2D eigenvalue weighted by Gasteiger charge is -2.32. The van der Waals surface area contributed by atoms with Crippen molar-refractivity contribution in [1.29, 1.82) is 0 Å². The van der Waals surface area contributed by atoms with Crippen molar-refractivity contribution in [1.82, 2.24) is 5.32 Å². The molecule has 3 atom stereocenters. The second kappa shape index (κ2) is 9.80. The summed E-state index contributed by atoms with van der Waals surface area (Å²) < 4.78 is 0. The Hall–Kier alpha value is -3.11. The number of rotatable bonds is 6. The maximum absolute atomic E-state index is 13.1. The van der Waals surface area contributed by atoms with Crippen molar-refractivity contribution in [3.63, 3.8) is 0 Å². The van der Waals surface area contributed by atoms with Gasteiger partial charge in [-0.25, -0.2) is 0 Å². The molecule has 0 aliphatic heterocycles. The lowest BCUT2D eigenvalue weighted by molar-refractivity contribution is -0.123. The molecule has 0 heterocycles. The average molecular weight is 443 g/mol. The van der Waals surface area contributed by atoms with E-state index in [1.807, 2.05) is 19.9 Å². The predicted octanol–water partition coefficient (Wildman–Crippen LogP) is 5.22. The number of carbonyl (C=O) groups is 1. The van der Waals surface area contributed by atoms with Crippen LogP contribution in [0.5, 0.6) is 5.75 Å². The fourth-order valence-corrected chi connectivity index (χ4v) is 5.08. The van der Waals surface area contributed by atoms with Crippen LogP contribution in [0.2, 0.25) is 0 Å². The van der Waals surface area contributed by atoms with Crippen molar-refractivity contribution in [2.45, 2.75) is 64.5 Å². The van der Waals surface area contributed by atoms with Crippen LogP contribution in [-0.2, 0) is 17.6 Å². The maximum atomic E-state index is 13.1. The summed E-state index contributed by atoms with van der Waals surface area (Å²) in [5, 5.41) is 13.0. The number of phenols is 1. The van der Waals surface area contributed by atoms with Crippen molar-refractivity contribution in [3.05, 3.63) is 99.6 Å². The molecule has 1 amide bonds. The van der Waals surface area contributed by atoms with Gasteiger partial charge in [-0.15, -0.1) is 0 Å². The molecule has 1 aliphatic carbocycles. The molecule has 4 rings (SSSR count). The average Bonchev–Trinajstić information content (AvgIpc) is 2.78. The number of aromatic hydroxyl groups is 1. The Bertz CT molecular complexity index is 1120. The number of nitrogens with two attached hydrogens (primary N) is 1. The van der Waals surface area contributed by atoms with E-state index in [-0.39, 0.29) is 17.7 Å². The first-order valence-corrected chi connectivity index (χ1v) is 11.8. The largest absolute Gasteiger partial charge is 0.508 e. The van der Waals surface area contributed by atoms with E-state index in [0.29, 0.717) is 12.3 Å². The highest BCUT2D eigenvalue weighted by molar-refractivity contribution is 5.82. The number of carbonyl (C=O) groups excluding carboxylic acids is 1. The summed E-state index contributed by atoms with van der Waals surface area (Å²) >= 11 is 0. The van der Waals surface area contributed by atoms with Crippen LogP contribution in [0.4, 0.5) is 0 Å². The predicted molar refractivity (Wildman–Crippen MR) is 133 cm³/mol. The van der Waals surface area contributed by atoms with Crippen LogP contribution in [0.3, 0.4) is 0 Å². The van der Waals surface area contributed by atoms with Crippen LogP contribution in [-0.4, -0.2) is 17.1 Å². The van der Waals surface area contributed by atoms with Crippen LogP contribution in [0.1, 0.15) is 70.7 Å². The quantitative estimate of drug-likeness (QED) is 0.490. The molecule has 0 fully saturated rings. The fraction of sp³-hybridized carbons (Fsp3) is 0.345. The van der Waals surface area contributed by atoms with Gasteiger partial charge in [0.2, 0.25) is 5.91 Å². The molecule has 4 heteroatoms. The number of nitrogens with one attached hydrogen (secondary N) is 1. The molecule has 0 saturated carbocycles. The number of fused-ring (bicyclic) bond motifs is 1. The first kappa shape index (κ1) is 23.1. The summed E-state index contributed by atoms with van der Waals surface area (Å²) in [4.78, 5) is 13.1.